The van der Waals surface area contributed by atoms with E-state index in [4.69, 9.17) is 4.42 Å². The normalized spacial score (nSPS) is 19.7. The predicted octanol–water partition coefficient (Wildman–Crippen LogP) is 2.04. The van der Waals surface area contributed by atoms with Crippen LogP contribution in [-0.2, 0) is 29.1 Å². The number of rotatable bonds is 5. The van der Waals surface area contributed by atoms with Crippen molar-refractivity contribution in [3.8, 4) is 0 Å². The largest absolute Gasteiger partial charge is 0.467 e. The summed E-state index contributed by atoms with van der Waals surface area (Å²) in [5, 5.41) is 2.84. The first-order valence-electron chi connectivity index (χ1n) is 9.27. The van der Waals surface area contributed by atoms with Crippen LogP contribution in [0, 0.1) is 5.92 Å². The second-order valence-electron chi connectivity index (χ2n) is 7.15. The smallest absolute Gasteiger partial charge is 0.226 e. The van der Waals surface area contributed by atoms with E-state index in [9.17, 15) is 9.59 Å². The van der Waals surface area contributed by atoms with Crippen molar-refractivity contribution in [2.75, 3.05) is 6.54 Å². The number of fused-ring (bicyclic) bond motifs is 1. The lowest BCUT2D eigenvalue weighted by Crippen LogP contribution is -2.45. The molecule has 1 aliphatic heterocycles. The highest BCUT2D eigenvalue weighted by Gasteiger charge is 2.35. The molecule has 2 aromatic heterocycles. The molecule has 0 spiro atoms. The van der Waals surface area contributed by atoms with Gasteiger partial charge in [-0.15, -0.1) is 0 Å². The summed E-state index contributed by atoms with van der Waals surface area (Å²) in [4.78, 5) is 31.3. The van der Waals surface area contributed by atoms with Gasteiger partial charge < -0.3 is 19.2 Å². The fourth-order valence-corrected chi connectivity index (χ4v) is 3.65. The van der Waals surface area contributed by atoms with E-state index in [0.717, 1.165) is 43.1 Å². The lowest BCUT2D eigenvalue weighted by atomic mass is 9.84. The van der Waals surface area contributed by atoms with Crippen molar-refractivity contribution in [3.63, 3.8) is 0 Å². The van der Waals surface area contributed by atoms with Gasteiger partial charge in [-0.2, -0.15) is 0 Å². The van der Waals surface area contributed by atoms with E-state index in [1.807, 2.05) is 24.1 Å². The van der Waals surface area contributed by atoms with Crippen LogP contribution in [0.3, 0.4) is 0 Å². The summed E-state index contributed by atoms with van der Waals surface area (Å²) in [5.74, 6) is 1.97. The predicted molar refractivity (Wildman–Crippen MR) is 94.0 cm³/mol. The fourth-order valence-electron chi connectivity index (χ4n) is 3.65. The molecule has 26 heavy (non-hydrogen) atoms. The number of nitrogens with zero attached hydrogens (tertiary/aromatic N) is 3. The summed E-state index contributed by atoms with van der Waals surface area (Å²) in [6.45, 7) is 3.85. The second-order valence-corrected chi connectivity index (χ2v) is 7.15. The number of hydrogen-bond acceptors (Lipinski definition) is 4. The highest BCUT2D eigenvalue weighted by Crippen LogP contribution is 2.33. The summed E-state index contributed by atoms with van der Waals surface area (Å²) >= 11 is 0. The molecule has 3 heterocycles. The molecule has 7 nitrogen and oxygen atoms in total. The van der Waals surface area contributed by atoms with E-state index in [1.165, 1.54) is 0 Å². The SMILES string of the molecule is C[C@@H]1c2nc(CC(=O)NCc3ccco3)cn2CCN1C(=O)C1CCC1. The molecule has 0 saturated heterocycles. The first-order valence-corrected chi connectivity index (χ1v) is 9.27. The van der Waals surface area contributed by atoms with Gasteiger partial charge >= 0.3 is 0 Å². The summed E-state index contributed by atoms with van der Waals surface area (Å²) < 4.78 is 7.28. The van der Waals surface area contributed by atoms with Crippen molar-refractivity contribution >= 4 is 11.8 Å². The van der Waals surface area contributed by atoms with Crippen LogP contribution in [0.1, 0.15) is 49.5 Å². The van der Waals surface area contributed by atoms with Crippen molar-refractivity contribution < 1.29 is 14.0 Å². The molecule has 2 amide bonds. The zero-order valence-corrected chi connectivity index (χ0v) is 15.0. The first kappa shape index (κ1) is 16.9. The quantitative estimate of drug-likeness (QED) is 0.889. The number of aromatic nitrogens is 2. The highest BCUT2D eigenvalue weighted by molar-refractivity contribution is 5.80. The van der Waals surface area contributed by atoms with Gasteiger partial charge in [-0.25, -0.2) is 4.98 Å². The minimum atomic E-state index is -0.0908. The molecule has 2 aromatic rings. The third-order valence-electron chi connectivity index (χ3n) is 5.40. The second kappa shape index (κ2) is 6.97. The highest BCUT2D eigenvalue weighted by atomic mass is 16.3. The maximum Gasteiger partial charge on any atom is 0.226 e. The van der Waals surface area contributed by atoms with Crippen LogP contribution in [0.4, 0.5) is 0 Å². The monoisotopic (exact) mass is 356 g/mol. The zero-order chi connectivity index (χ0) is 18.1. The number of imidazole rings is 1. The summed E-state index contributed by atoms with van der Waals surface area (Å²) in [7, 11) is 0. The minimum Gasteiger partial charge on any atom is -0.467 e. The molecule has 7 heteroatoms. The lowest BCUT2D eigenvalue weighted by molar-refractivity contribution is -0.141. The lowest BCUT2D eigenvalue weighted by Gasteiger charge is -2.38. The number of nitrogens with one attached hydrogen (secondary N) is 1. The van der Waals surface area contributed by atoms with E-state index in [1.54, 1.807) is 12.3 Å². The number of carbonyl (C=O) groups is 2. The van der Waals surface area contributed by atoms with Crippen molar-refractivity contribution in [1.29, 1.82) is 0 Å². The standard InChI is InChI=1S/C19H24N4O3/c1-13-18-21-15(10-17(24)20-11-16-6-3-9-26-16)12-22(18)7-8-23(13)19(25)14-4-2-5-14/h3,6,9,12-14H,2,4-5,7-8,10-11H2,1H3,(H,20,24)/t13-/m1/s1. The molecule has 4 rings (SSSR count). The molecule has 1 fully saturated rings. The summed E-state index contributed by atoms with van der Waals surface area (Å²) in [5.41, 5.74) is 0.738. The molecular formula is C19H24N4O3. The van der Waals surface area contributed by atoms with Crippen LogP contribution in [0.15, 0.2) is 29.0 Å². The number of hydrogen-bond donors (Lipinski definition) is 1. The van der Waals surface area contributed by atoms with Crippen molar-refractivity contribution in [3.05, 3.63) is 41.9 Å². The molecular weight excluding hydrogens is 332 g/mol. The molecule has 0 bridgehead atoms. The number of furan rings is 1. The Balaban J connectivity index is 1.38. The van der Waals surface area contributed by atoms with Crippen molar-refractivity contribution in [2.45, 2.75) is 51.7 Å². The molecule has 0 radical (unpaired) electrons. The molecule has 1 aliphatic carbocycles. The Hall–Kier alpha value is -2.57. The Labute approximate surface area is 152 Å². The van der Waals surface area contributed by atoms with Gasteiger partial charge in [0.25, 0.3) is 0 Å². The van der Waals surface area contributed by atoms with Gasteiger partial charge in [-0.3, -0.25) is 9.59 Å². The van der Waals surface area contributed by atoms with Crippen LogP contribution in [0.2, 0.25) is 0 Å². The Morgan fingerprint density at radius 1 is 1.35 bits per heavy atom. The average Bonchev–Trinajstić information content (AvgIpc) is 3.21. The van der Waals surface area contributed by atoms with Crippen LogP contribution in [-0.4, -0.2) is 32.8 Å². The van der Waals surface area contributed by atoms with Gasteiger partial charge in [-0.1, -0.05) is 6.42 Å². The van der Waals surface area contributed by atoms with Gasteiger partial charge in [0.1, 0.15) is 11.6 Å². The molecule has 1 atom stereocenters. The maximum absolute atomic E-state index is 12.6. The Morgan fingerprint density at radius 3 is 2.88 bits per heavy atom. The Morgan fingerprint density at radius 2 is 2.19 bits per heavy atom. The van der Waals surface area contributed by atoms with Crippen LogP contribution >= 0.6 is 0 Å². The van der Waals surface area contributed by atoms with Crippen molar-refractivity contribution in [2.24, 2.45) is 5.92 Å². The van der Waals surface area contributed by atoms with E-state index in [-0.39, 0.29) is 30.2 Å². The average molecular weight is 356 g/mol. The van der Waals surface area contributed by atoms with E-state index < -0.39 is 0 Å². The minimum absolute atomic E-state index is 0.0446. The van der Waals surface area contributed by atoms with E-state index in [2.05, 4.69) is 14.9 Å². The van der Waals surface area contributed by atoms with E-state index >= 15 is 0 Å². The molecule has 138 valence electrons. The van der Waals surface area contributed by atoms with Crippen molar-refractivity contribution in [1.82, 2.24) is 19.8 Å². The van der Waals surface area contributed by atoms with Crippen LogP contribution < -0.4 is 5.32 Å². The zero-order valence-electron chi connectivity index (χ0n) is 15.0. The van der Waals surface area contributed by atoms with Crippen LogP contribution in [0.5, 0.6) is 0 Å². The van der Waals surface area contributed by atoms with Gasteiger partial charge in [0.05, 0.1) is 31.0 Å². The summed E-state index contributed by atoms with van der Waals surface area (Å²) in [6.07, 6.45) is 6.93. The fraction of sp³-hybridized carbons (Fsp3) is 0.526. The topological polar surface area (TPSA) is 80.4 Å². The Bertz CT molecular complexity index is 792. The number of carbonyl (C=O) groups excluding carboxylic acids is 2. The third-order valence-corrected chi connectivity index (χ3v) is 5.40. The molecule has 1 saturated carbocycles. The Kier molecular flexibility index (Phi) is 4.53. The van der Waals surface area contributed by atoms with Crippen LogP contribution in [0.25, 0.3) is 0 Å². The first-order chi connectivity index (χ1) is 12.6. The van der Waals surface area contributed by atoms with Gasteiger partial charge in [0, 0.05) is 25.2 Å². The number of amides is 2. The third kappa shape index (κ3) is 3.25. The maximum atomic E-state index is 12.6. The molecule has 2 aliphatic rings. The van der Waals surface area contributed by atoms with E-state index in [0.29, 0.717) is 13.1 Å². The van der Waals surface area contributed by atoms with Gasteiger partial charge in [0.2, 0.25) is 11.8 Å². The molecule has 0 aromatic carbocycles. The summed E-state index contributed by atoms with van der Waals surface area (Å²) in [6, 6.07) is 3.57. The van der Waals surface area contributed by atoms with Gasteiger partial charge in [0.15, 0.2) is 0 Å². The molecule has 1 N–H and O–H groups in total. The molecule has 0 unspecified atom stereocenters. The van der Waals surface area contributed by atoms with Gasteiger partial charge in [-0.05, 0) is 31.9 Å².